The van der Waals surface area contributed by atoms with Crippen LogP contribution in [0.5, 0.6) is 0 Å². The number of thiophene rings is 1. The van der Waals surface area contributed by atoms with Crippen molar-refractivity contribution >= 4 is 33.0 Å². The molecule has 2 aromatic heterocycles. The molecular formula is C12H13ClN4O2S2. The van der Waals surface area contributed by atoms with E-state index in [1.807, 2.05) is 6.20 Å². The summed E-state index contributed by atoms with van der Waals surface area (Å²) >= 11 is 6.89. The summed E-state index contributed by atoms with van der Waals surface area (Å²) in [4.78, 5) is 0. The largest absolute Gasteiger partial charge is 0.252 e. The first-order valence-corrected chi connectivity index (χ1v) is 9.35. The SMILES string of the molecule is O=S(=O)(c1ccc(Cl)s1)N1CC(n2cc(C3CC3)nn2)C1. The zero-order chi connectivity index (χ0) is 14.6. The topological polar surface area (TPSA) is 68.1 Å². The summed E-state index contributed by atoms with van der Waals surface area (Å²) in [5.41, 5.74) is 1.03. The summed E-state index contributed by atoms with van der Waals surface area (Å²) in [6, 6.07) is 3.24. The van der Waals surface area contributed by atoms with Crippen LogP contribution >= 0.6 is 22.9 Å². The molecule has 21 heavy (non-hydrogen) atoms. The molecule has 1 aliphatic carbocycles. The van der Waals surface area contributed by atoms with Gasteiger partial charge in [-0.05, 0) is 25.0 Å². The maximum Gasteiger partial charge on any atom is 0.252 e. The first-order valence-electron chi connectivity index (χ1n) is 6.71. The van der Waals surface area contributed by atoms with Gasteiger partial charge < -0.3 is 0 Å². The van der Waals surface area contributed by atoms with Gasteiger partial charge >= 0.3 is 0 Å². The monoisotopic (exact) mass is 344 g/mol. The normalized spacial score (nSPS) is 20.6. The van der Waals surface area contributed by atoms with Crippen LogP contribution in [0.15, 0.2) is 22.5 Å². The summed E-state index contributed by atoms with van der Waals surface area (Å²) in [6.45, 7) is 0.872. The Bertz CT molecular complexity index is 775. The molecule has 0 atom stereocenters. The zero-order valence-electron chi connectivity index (χ0n) is 11.0. The van der Waals surface area contributed by atoms with E-state index in [9.17, 15) is 8.42 Å². The van der Waals surface area contributed by atoms with E-state index in [0.29, 0.717) is 27.6 Å². The molecule has 0 N–H and O–H groups in total. The second kappa shape index (κ2) is 4.77. The summed E-state index contributed by atoms with van der Waals surface area (Å²) in [6.07, 6.45) is 4.32. The highest BCUT2D eigenvalue weighted by Gasteiger charge is 2.39. The van der Waals surface area contributed by atoms with Gasteiger partial charge in [-0.2, -0.15) is 4.31 Å². The number of nitrogens with zero attached hydrogens (tertiary/aromatic N) is 4. The van der Waals surface area contributed by atoms with Crippen molar-refractivity contribution in [2.45, 2.75) is 29.0 Å². The Balaban J connectivity index is 1.46. The smallest absolute Gasteiger partial charge is 0.247 e. The molecule has 9 heteroatoms. The molecule has 0 unspecified atom stereocenters. The Morgan fingerprint density at radius 3 is 2.67 bits per heavy atom. The van der Waals surface area contributed by atoms with Crippen LogP contribution in [-0.2, 0) is 10.0 Å². The van der Waals surface area contributed by atoms with Crippen LogP contribution in [0.2, 0.25) is 4.34 Å². The van der Waals surface area contributed by atoms with Crippen LogP contribution in [0.1, 0.15) is 30.5 Å². The lowest BCUT2D eigenvalue weighted by atomic mass is 10.2. The van der Waals surface area contributed by atoms with Gasteiger partial charge in [-0.1, -0.05) is 16.8 Å². The third-order valence-electron chi connectivity index (χ3n) is 3.87. The fourth-order valence-corrected chi connectivity index (χ4v) is 5.53. The van der Waals surface area contributed by atoms with E-state index in [2.05, 4.69) is 10.3 Å². The predicted octanol–water partition coefficient (Wildman–Crippen LogP) is 2.12. The molecule has 4 rings (SSSR count). The Morgan fingerprint density at radius 2 is 2.05 bits per heavy atom. The average molecular weight is 345 g/mol. The number of rotatable bonds is 4. The Kier molecular flexibility index (Phi) is 3.11. The maximum absolute atomic E-state index is 12.4. The molecule has 1 saturated heterocycles. The van der Waals surface area contributed by atoms with Crippen LogP contribution in [0.4, 0.5) is 0 Å². The molecular weight excluding hydrogens is 332 g/mol. The Hall–Kier alpha value is -0.960. The van der Waals surface area contributed by atoms with Gasteiger partial charge in [-0.15, -0.1) is 16.4 Å². The highest BCUT2D eigenvalue weighted by molar-refractivity contribution is 7.91. The lowest BCUT2D eigenvalue weighted by molar-refractivity contribution is 0.189. The van der Waals surface area contributed by atoms with E-state index >= 15 is 0 Å². The molecule has 0 aromatic carbocycles. The molecule has 1 saturated carbocycles. The van der Waals surface area contributed by atoms with E-state index in [4.69, 9.17) is 11.6 Å². The second-order valence-corrected chi connectivity index (χ2v) is 9.31. The van der Waals surface area contributed by atoms with Gasteiger partial charge in [-0.25, -0.2) is 13.1 Å². The van der Waals surface area contributed by atoms with E-state index in [0.717, 1.165) is 17.0 Å². The average Bonchev–Trinajstić information content (AvgIpc) is 2.95. The maximum atomic E-state index is 12.4. The highest BCUT2D eigenvalue weighted by atomic mass is 35.5. The van der Waals surface area contributed by atoms with E-state index in [1.54, 1.807) is 16.8 Å². The van der Waals surface area contributed by atoms with Gasteiger partial charge in [0.2, 0.25) is 0 Å². The first kappa shape index (κ1) is 13.7. The number of sulfonamides is 1. The summed E-state index contributed by atoms with van der Waals surface area (Å²) < 4.78 is 28.7. The second-order valence-electron chi connectivity index (χ2n) is 5.43. The van der Waals surface area contributed by atoms with Gasteiger partial charge in [0.1, 0.15) is 4.21 Å². The van der Waals surface area contributed by atoms with Gasteiger partial charge in [0.05, 0.1) is 16.1 Å². The third-order valence-corrected chi connectivity index (χ3v) is 7.40. The zero-order valence-corrected chi connectivity index (χ0v) is 13.4. The summed E-state index contributed by atoms with van der Waals surface area (Å²) in [5, 5.41) is 8.28. The van der Waals surface area contributed by atoms with Crippen molar-refractivity contribution in [3.63, 3.8) is 0 Å². The Morgan fingerprint density at radius 1 is 1.29 bits per heavy atom. The van der Waals surface area contributed by atoms with Crippen LogP contribution in [0, 0.1) is 0 Å². The molecule has 0 spiro atoms. The van der Waals surface area contributed by atoms with Crippen molar-refractivity contribution in [3.05, 3.63) is 28.4 Å². The number of hydrogen-bond acceptors (Lipinski definition) is 5. The molecule has 0 radical (unpaired) electrons. The van der Waals surface area contributed by atoms with E-state index < -0.39 is 10.0 Å². The van der Waals surface area contributed by atoms with Crippen molar-refractivity contribution in [1.29, 1.82) is 0 Å². The summed E-state index contributed by atoms with van der Waals surface area (Å²) in [7, 11) is -3.41. The number of hydrogen-bond donors (Lipinski definition) is 0. The minimum absolute atomic E-state index is 0.0789. The molecule has 2 fully saturated rings. The molecule has 6 nitrogen and oxygen atoms in total. The van der Waals surface area contributed by atoms with E-state index in [1.165, 1.54) is 17.1 Å². The van der Waals surface area contributed by atoms with Crippen LogP contribution in [0.3, 0.4) is 0 Å². The Labute approximate surface area is 131 Å². The quantitative estimate of drug-likeness (QED) is 0.852. The van der Waals surface area contributed by atoms with Gasteiger partial charge in [0.25, 0.3) is 10.0 Å². The summed E-state index contributed by atoms with van der Waals surface area (Å²) in [5.74, 6) is 0.562. The fraction of sp³-hybridized carbons (Fsp3) is 0.500. The third kappa shape index (κ3) is 2.40. The van der Waals surface area contributed by atoms with Crippen molar-refractivity contribution in [1.82, 2.24) is 19.3 Å². The van der Waals surface area contributed by atoms with Crippen molar-refractivity contribution < 1.29 is 8.42 Å². The number of aromatic nitrogens is 3. The minimum Gasteiger partial charge on any atom is -0.247 e. The standard InChI is InChI=1S/C12H13ClN4O2S2/c13-11-3-4-12(20-11)21(18,19)16-5-9(6-16)17-7-10(14-15-17)8-1-2-8/h3-4,7-9H,1-2,5-6H2. The first-order chi connectivity index (χ1) is 10.0. The molecule has 1 aliphatic heterocycles. The lowest BCUT2D eigenvalue weighted by Gasteiger charge is -2.37. The number of halogens is 1. The predicted molar refractivity (Wildman–Crippen MR) is 79.1 cm³/mol. The molecule has 0 amide bonds. The molecule has 0 bridgehead atoms. The molecule has 112 valence electrons. The minimum atomic E-state index is -3.41. The fourth-order valence-electron chi connectivity index (χ4n) is 2.38. The van der Waals surface area contributed by atoms with Crippen LogP contribution in [0.25, 0.3) is 0 Å². The van der Waals surface area contributed by atoms with Gasteiger partial charge in [0, 0.05) is 25.2 Å². The van der Waals surface area contributed by atoms with Crippen molar-refractivity contribution in [2.75, 3.05) is 13.1 Å². The van der Waals surface area contributed by atoms with Crippen molar-refractivity contribution in [3.8, 4) is 0 Å². The lowest BCUT2D eigenvalue weighted by Crippen LogP contribution is -2.50. The van der Waals surface area contributed by atoms with Crippen LogP contribution < -0.4 is 0 Å². The van der Waals surface area contributed by atoms with Gasteiger partial charge in [0.15, 0.2) is 0 Å². The highest BCUT2D eigenvalue weighted by Crippen LogP contribution is 2.39. The van der Waals surface area contributed by atoms with E-state index in [-0.39, 0.29) is 6.04 Å². The molecule has 2 aliphatic rings. The van der Waals surface area contributed by atoms with Gasteiger partial charge in [-0.3, -0.25) is 0 Å². The van der Waals surface area contributed by atoms with Crippen molar-refractivity contribution in [2.24, 2.45) is 0 Å². The molecule has 3 heterocycles. The molecule has 2 aromatic rings. The van der Waals surface area contributed by atoms with Crippen LogP contribution in [-0.4, -0.2) is 40.8 Å².